The largest absolute Gasteiger partial charge is 0.497 e. The third-order valence-electron chi connectivity index (χ3n) is 3.33. The van der Waals surface area contributed by atoms with Crippen LogP contribution in [0.4, 0.5) is 0 Å². The molecule has 0 aliphatic carbocycles. The molecule has 114 valence electrons. The SMILES string of the molecule is COc1cccc(CSc2nnc(-c3csc(C)c3)n2C)c1. The smallest absolute Gasteiger partial charge is 0.191 e. The summed E-state index contributed by atoms with van der Waals surface area (Å²) in [6, 6.07) is 10.2. The number of aromatic nitrogens is 3. The molecule has 6 heteroatoms. The maximum atomic E-state index is 5.25. The fourth-order valence-electron chi connectivity index (χ4n) is 2.16. The maximum Gasteiger partial charge on any atom is 0.191 e. The molecule has 0 aliphatic heterocycles. The third-order valence-corrected chi connectivity index (χ3v) is 5.28. The highest BCUT2D eigenvalue weighted by molar-refractivity contribution is 7.98. The molecule has 0 bridgehead atoms. The quantitative estimate of drug-likeness (QED) is 0.658. The van der Waals surface area contributed by atoms with Gasteiger partial charge in [0.25, 0.3) is 0 Å². The van der Waals surface area contributed by atoms with Crippen molar-refractivity contribution < 1.29 is 4.74 Å². The van der Waals surface area contributed by atoms with Crippen molar-refractivity contribution in [2.75, 3.05) is 7.11 Å². The molecule has 0 saturated heterocycles. The maximum absolute atomic E-state index is 5.25. The average Bonchev–Trinajstić information content (AvgIpc) is 3.11. The number of hydrogen-bond acceptors (Lipinski definition) is 5. The molecule has 4 nitrogen and oxygen atoms in total. The van der Waals surface area contributed by atoms with Gasteiger partial charge in [-0.05, 0) is 30.7 Å². The molecule has 1 aromatic carbocycles. The number of thioether (sulfide) groups is 1. The molecule has 0 amide bonds. The van der Waals surface area contributed by atoms with E-state index in [0.717, 1.165) is 28.0 Å². The van der Waals surface area contributed by atoms with Crippen LogP contribution in [0.25, 0.3) is 11.4 Å². The second kappa shape index (κ2) is 6.54. The molecule has 0 N–H and O–H groups in total. The minimum Gasteiger partial charge on any atom is -0.497 e. The fraction of sp³-hybridized carbons (Fsp3) is 0.250. The summed E-state index contributed by atoms with van der Waals surface area (Å²) in [6.45, 7) is 2.10. The van der Waals surface area contributed by atoms with Gasteiger partial charge in [-0.2, -0.15) is 0 Å². The summed E-state index contributed by atoms with van der Waals surface area (Å²) in [6.07, 6.45) is 0. The molecule has 0 fully saturated rings. The van der Waals surface area contributed by atoms with Crippen LogP contribution in [-0.4, -0.2) is 21.9 Å². The van der Waals surface area contributed by atoms with Crippen molar-refractivity contribution in [1.29, 1.82) is 0 Å². The zero-order valence-corrected chi connectivity index (χ0v) is 14.4. The van der Waals surface area contributed by atoms with E-state index in [1.807, 2.05) is 29.8 Å². The minimum absolute atomic E-state index is 0.839. The first-order valence-electron chi connectivity index (χ1n) is 6.88. The van der Waals surface area contributed by atoms with E-state index in [9.17, 15) is 0 Å². The Morgan fingerprint density at radius 3 is 2.86 bits per heavy atom. The van der Waals surface area contributed by atoms with E-state index in [1.165, 1.54) is 10.4 Å². The number of nitrogens with zero attached hydrogens (tertiary/aromatic N) is 3. The Labute approximate surface area is 138 Å². The molecular weight excluding hydrogens is 314 g/mol. The van der Waals surface area contributed by atoms with Gasteiger partial charge in [-0.25, -0.2) is 0 Å². The van der Waals surface area contributed by atoms with Crippen LogP contribution in [0.3, 0.4) is 0 Å². The molecule has 0 saturated carbocycles. The van der Waals surface area contributed by atoms with Gasteiger partial charge in [-0.1, -0.05) is 23.9 Å². The summed E-state index contributed by atoms with van der Waals surface area (Å²) >= 11 is 3.41. The molecule has 22 heavy (non-hydrogen) atoms. The summed E-state index contributed by atoms with van der Waals surface area (Å²) in [4.78, 5) is 1.28. The summed E-state index contributed by atoms with van der Waals surface area (Å²) in [7, 11) is 3.69. The number of hydrogen-bond donors (Lipinski definition) is 0. The van der Waals surface area contributed by atoms with Crippen LogP contribution >= 0.6 is 23.1 Å². The average molecular weight is 331 g/mol. The van der Waals surface area contributed by atoms with E-state index >= 15 is 0 Å². The molecule has 0 unspecified atom stereocenters. The lowest BCUT2D eigenvalue weighted by molar-refractivity contribution is 0.414. The Balaban J connectivity index is 1.75. The van der Waals surface area contributed by atoms with Gasteiger partial charge >= 0.3 is 0 Å². The van der Waals surface area contributed by atoms with Crippen molar-refractivity contribution in [3.05, 3.63) is 46.2 Å². The Bertz CT molecular complexity index is 779. The highest BCUT2D eigenvalue weighted by Gasteiger charge is 2.12. The summed E-state index contributed by atoms with van der Waals surface area (Å²) in [5.74, 6) is 2.63. The van der Waals surface area contributed by atoms with Crippen molar-refractivity contribution in [3.63, 3.8) is 0 Å². The minimum atomic E-state index is 0.839. The lowest BCUT2D eigenvalue weighted by Crippen LogP contribution is -1.94. The Morgan fingerprint density at radius 1 is 1.27 bits per heavy atom. The number of aryl methyl sites for hydroxylation is 1. The first kappa shape index (κ1) is 15.1. The third kappa shape index (κ3) is 3.18. The first-order valence-corrected chi connectivity index (χ1v) is 8.74. The zero-order chi connectivity index (χ0) is 15.5. The van der Waals surface area contributed by atoms with Crippen molar-refractivity contribution in [1.82, 2.24) is 14.8 Å². The Morgan fingerprint density at radius 2 is 2.14 bits per heavy atom. The number of ether oxygens (including phenoxy) is 1. The van der Waals surface area contributed by atoms with Gasteiger partial charge in [0.2, 0.25) is 0 Å². The van der Waals surface area contributed by atoms with E-state index < -0.39 is 0 Å². The molecule has 3 rings (SSSR count). The van der Waals surface area contributed by atoms with Crippen LogP contribution in [0.2, 0.25) is 0 Å². The van der Waals surface area contributed by atoms with Gasteiger partial charge < -0.3 is 9.30 Å². The fourth-order valence-corrected chi connectivity index (χ4v) is 3.70. The summed E-state index contributed by atoms with van der Waals surface area (Å²) < 4.78 is 7.30. The van der Waals surface area contributed by atoms with Gasteiger partial charge in [0.15, 0.2) is 11.0 Å². The number of thiophene rings is 1. The molecule has 0 spiro atoms. The molecule has 0 atom stereocenters. The lowest BCUT2D eigenvalue weighted by atomic mass is 10.2. The molecule has 2 heterocycles. The van der Waals surface area contributed by atoms with Gasteiger partial charge in [0.05, 0.1) is 7.11 Å². The van der Waals surface area contributed by atoms with E-state index in [0.29, 0.717) is 0 Å². The van der Waals surface area contributed by atoms with Gasteiger partial charge in [-0.3, -0.25) is 0 Å². The van der Waals surface area contributed by atoms with Crippen LogP contribution in [0.15, 0.2) is 40.9 Å². The first-order chi connectivity index (χ1) is 10.7. The van der Waals surface area contributed by atoms with E-state index in [-0.39, 0.29) is 0 Å². The molecule has 0 radical (unpaired) electrons. The van der Waals surface area contributed by atoms with Crippen molar-refractivity contribution in [2.24, 2.45) is 7.05 Å². The second-order valence-corrected chi connectivity index (χ2v) is 7.01. The van der Waals surface area contributed by atoms with Crippen LogP contribution in [0.5, 0.6) is 5.75 Å². The van der Waals surface area contributed by atoms with Crippen molar-refractivity contribution in [3.8, 4) is 17.1 Å². The van der Waals surface area contributed by atoms with E-state index in [4.69, 9.17) is 4.74 Å². The second-order valence-electron chi connectivity index (χ2n) is 4.95. The standard InChI is InChI=1S/C16H17N3OS2/c1-11-7-13(10-21-11)15-17-18-16(19(15)2)22-9-12-5-4-6-14(8-12)20-3/h4-8,10H,9H2,1-3H3. The zero-order valence-electron chi connectivity index (χ0n) is 12.7. The van der Waals surface area contributed by atoms with Crippen LogP contribution in [-0.2, 0) is 12.8 Å². The van der Waals surface area contributed by atoms with Crippen LogP contribution in [0, 0.1) is 6.92 Å². The molecule has 0 aliphatic rings. The Kier molecular flexibility index (Phi) is 4.49. The number of methoxy groups -OCH3 is 1. The van der Waals surface area contributed by atoms with Crippen LogP contribution < -0.4 is 4.74 Å². The van der Waals surface area contributed by atoms with Crippen LogP contribution in [0.1, 0.15) is 10.4 Å². The lowest BCUT2D eigenvalue weighted by Gasteiger charge is -2.05. The monoisotopic (exact) mass is 331 g/mol. The summed E-state index contributed by atoms with van der Waals surface area (Å²) in [5, 5.41) is 11.7. The Hall–Kier alpha value is -1.79. The molecular formula is C16H17N3OS2. The van der Waals surface area contributed by atoms with Gasteiger partial charge in [-0.15, -0.1) is 21.5 Å². The van der Waals surface area contributed by atoms with Gasteiger partial charge in [0, 0.05) is 28.6 Å². The number of benzene rings is 1. The van der Waals surface area contributed by atoms with Gasteiger partial charge in [0.1, 0.15) is 5.75 Å². The van der Waals surface area contributed by atoms with Crippen molar-refractivity contribution in [2.45, 2.75) is 17.8 Å². The topological polar surface area (TPSA) is 39.9 Å². The predicted molar refractivity (Wildman–Crippen MR) is 91.6 cm³/mol. The summed E-state index contributed by atoms with van der Waals surface area (Å²) in [5.41, 5.74) is 2.34. The van der Waals surface area contributed by atoms with E-state index in [2.05, 4.69) is 34.6 Å². The van der Waals surface area contributed by atoms with E-state index in [1.54, 1.807) is 30.2 Å². The van der Waals surface area contributed by atoms with Crippen molar-refractivity contribution >= 4 is 23.1 Å². The predicted octanol–water partition coefficient (Wildman–Crippen LogP) is 4.15. The highest BCUT2D eigenvalue weighted by Crippen LogP contribution is 2.28. The molecule has 3 aromatic rings. The number of rotatable bonds is 5. The highest BCUT2D eigenvalue weighted by atomic mass is 32.2. The normalized spacial score (nSPS) is 10.9. The molecule has 2 aromatic heterocycles.